The van der Waals surface area contributed by atoms with Crippen LogP contribution < -0.4 is 5.32 Å². The van der Waals surface area contributed by atoms with Crippen LogP contribution in [0, 0.1) is 10.1 Å². The Kier molecular flexibility index (Phi) is 4.62. The summed E-state index contributed by atoms with van der Waals surface area (Å²) in [5, 5.41) is 14.0. The number of nitro groups is 1. The van der Waals surface area contributed by atoms with Gasteiger partial charge < -0.3 is 5.32 Å². The van der Waals surface area contributed by atoms with E-state index in [4.69, 9.17) is 0 Å². The Labute approximate surface area is 110 Å². The fourth-order valence-electron chi connectivity index (χ4n) is 2.34. The maximum Gasteiger partial charge on any atom is 0.311 e. The Morgan fingerprint density at radius 1 is 1.63 bits per heavy atom. The number of likely N-dealkylation sites (tertiary alicyclic amines) is 1. The van der Waals surface area contributed by atoms with Crippen molar-refractivity contribution in [2.45, 2.75) is 18.9 Å². The molecule has 0 radical (unpaired) electrons. The summed E-state index contributed by atoms with van der Waals surface area (Å²) in [5.41, 5.74) is -0.0230. The number of anilines is 1. The highest BCUT2D eigenvalue weighted by molar-refractivity contribution is 5.55. The zero-order chi connectivity index (χ0) is 13.7. The molecule has 1 aliphatic heterocycles. The number of hydrogen-bond acceptors (Lipinski definition) is 5. The van der Waals surface area contributed by atoms with E-state index in [2.05, 4.69) is 10.3 Å². The molecular formula is C12H17FN4O2. The first-order valence-corrected chi connectivity index (χ1v) is 6.35. The second-order valence-corrected chi connectivity index (χ2v) is 4.60. The average molecular weight is 268 g/mol. The lowest BCUT2D eigenvalue weighted by Crippen LogP contribution is -2.43. The fraction of sp³-hybridized carbons (Fsp3) is 0.583. The van der Waals surface area contributed by atoms with Gasteiger partial charge in [-0.1, -0.05) is 0 Å². The summed E-state index contributed by atoms with van der Waals surface area (Å²) >= 11 is 0. The van der Waals surface area contributed by atoms with E-state index in [0.717, 1.165) is 19.4 Å². The minimum Gasteiger partial charge on any atom is -0.360 e. The predicted octanol–water partition coefficient (Wildman–Crippen LogP) is 1.84. The van der Waals surface area contributed by atoms with Crippen molar-refractivity contribution in [3.8, 4) is 0 Å². The number of pyridine rings is 1. The van der Waals surface area contributed by atoms with Gasteiger partial charge in [0.15, 0.2) is 0 Å². The van der Waals surface area contributed by atoms with Crippen molar-refractivity contribution in [1.29, 1.82) is 0 Å². The van der Waals surface area contributed by atoms with E-state index in [0.29, 0.717) is 18.9 Å². The third-order valence-corrected chi connectivity index (χ3v) is 3.23. The number of nitrogens with zero attached hydrogens (tertiary/aromatic N) is 3. The van der Waals surface area contributed by atoms with Crippen LogP contribution in [-0.2, 0) is 0 Å². The van der Waals surface area contributed by atoms with Gasteiger partial charge in [-0.2, -0.15) is 0 Å². The van der Waals surface area contributed by atoms with E-state index in [9.17, 15) is 14.5 Å². The lowest BCUT2D eigenvalue weighted by Gasteiger charge is -2.32. The highest BCUT2D eigenvalue weighted by atomic mass is 19.1. The molecular weight excluding hydrogens is 251 g/mol. The van der Waals surface area contributed by atoms with E-state index < -0.39 is 4.92 Å². The molecule has 19 heavy (non-hydrogen) atoms. The zero-order valence-electron chi connectivity index (χ0n) is 10.6. The minimum atomic E-state index is -0.447. The van der Waals surface area contributed by atoms with Crippen molar-refractivity contribution in [3.05, 3.63) is 28.4 Å². The molecule has 1 aromatic heterocycles. The van der Waals surface area contributed by atoms with Crippen LogP contribution >= 0.6 is 0 Å². The lowest BCUT2D eigenvalue weighted by molar-refractivity contribution is -0.384. The first-order chi connectivity index (χ1) is 9.20. The molecule has 0 bridgehead atoms. The van der Waals surface area contributed by atoms with Gasteiger partial charge in [-0.25, -0.2) is 9.37 Å². The Morgan fingerprint density at radius 2 is 2.47 bits per heavy atom. The Bertz CT molecular complexity index is 441. The number of rotatable bonds is 5. The second-order valence-electron chi connectivity index (χ2n) is 4.60. The third-order valence-electron chi connectivity index (χ3n) is 3.23. The van der Waals surface area contributed by atoms with E-state index in [1.54, 1.807) is 6.07 Å². The fourth-order valence-corrected chi connectivity index (χ4v) is 2.34. The Hall–Kier alpha value is -1.76. The van der Waals surface area contributed by atoms with Crippen LogP contribution in [-0.4, -0.2) is 47.2 Å². The molecule has 1 unspecified atom stereocenters. The van der Waals surface area contributed by atoms with Gasteiger partial charge >= 0.3 is 5.69 Å². The Morgan fingerprint density at radius 3 is 3.21 bits per heavy atom. The summed E-state index contributed by atoms with van der Waals surface area (Å²) in [6.45, 7) is 1.63. The van der Waals surface area contributed by atoms with E-state index in [1.165, 1.54) is 12.3 Å². The highest BCUT2D eigenvalue weighted by Gasteiger charge is 2.22. The van der Waals surface area contributed by atoms with Crippen LogP contribution in [0.15, 0.2) is 18.3 Å². The molecule has 6 nitrogen and oxygen atoms in total. The summed E-state index contributed by atoms with van der Waals surface area (Å²) in [4.78, 5) is 16.5. The molecule has 7 heteroatoms. The summed E-state index contributed by atoms with van der Waals surface area (Å²) in [6, 6.07) is 3.05. The highest BCUT2D eigenvalue weighted by Crippen LogP contribution is 2.23. The number of halogens is 1. The van der Waals surface area contributed by atoms with Crippen molar-refractivity contribution in [2.24, 2.45) is 0 Å². The average Bonchev–Trinajstić information content (AvgIpc) is 2.40. The molecule has 0 amide bonds. The molecule has 0 aromatic carbocycles. The maximum absolute atomic E-state index is 12.3. The summed E-state index contributed by atoms with van der Waals surface area (Å²) in [6.07, 6.45) is 3.40. The van der Waals surface area contributed by atoms with Crippen LogP contribution in [0.1, 0.15) is 12.8 Å². The van der Waals surface area contributed by atoms with E-state index in [-0.39, 0.29) is 18.4 Å². The van der Waals surface area contributed by atoms with Gasteiger partial charge in [0, 0.05) is 31.4 Å². The molecule has 2 heterocycles. The largest absolute Gasteiger partial charge is 0.360 e. The van der Waals surface area contributed by atoms with E-state index in [1.807, 2.05) is 4.90 Å². The molecule has 1 atom stereocenters. The van der Waals surface area contributed by atoms with Gasteiger partial charge in [-0.15, -0.1) is 0 Å². The smallest absolute Gasteiger partial charge is 0.311 e. The van der Waals surface area contributed by atoms with Gasteiger partial charge in [0.1, 0.15) is 6.67 Å². The first kappa shape index (κ1) is 13.7. The number of aromatic nitrogens is 1. The van der Waals surface area contributed by atoms with Crippen molar-refractivity contribution in [2.75, 3.05) is 31.6 Å². The molecule has 1 aliphatic rings. The Balaban J connectivity index is 2.02. The second kappa shape index (κ2) is 6.42. The predicted molar refractivity (Wildman–Crippen MR) is 70.0 cm³/mol. The number of nitrogens with one attached hydrogen (secondary N) is 1. The van der Waals surface area contributed by atoms with Gasteiger partial charge in [0.05, 0.1) is 4.92 Å². The third kappa shape index (κ3) is 3.60. The van der Waals surface area contributed by atoms with Crippen molar-refractivity contribution in [3.63, 3.8) is 0 Å². The minimum absolute atomic E-state index is 0.0230. The molecule has 0 aliphatic carbocycles. The van der Waals surface area contributed by atoms with Gasteiger partial charge in [-0.3, -0.25) is 15.0 Å². The van der Waals surface area contributed by atoms with Crippen LogP contribution in [0.5, 0.6) is 0 Å². The van der Waals surface area contributed by atoms with Gasteiger partial charge in [0.25, 0.3) is 0 Å². The summed E-state index contributed by atoms with van der Waals surface area (Å²) < 4.78 is 12.3. The standard InChI is InChI=1S/C12H17FN4O2/c13-5-8-16-7-2-3-10(9-16)15-12-11(17(18)19)4-1-6-14-12/h1,4,6,10H,2-3,5,7-9H2,(H,14,15). The molecule has 104 valence electrons. The molecule has 1 saturated heterocycles. The van der Waals surface area contributed by atoms with E-state index >= 15 is 0 Å². The molecule has 1 N–H and O–H groups in total. The normalized spacial score (nSPS) is 20.2. The summed E-state index contributed by atoms with van der Waals surface area (Å²) in [7, 11) is 0. The molecule has 0 spiro atoms. The quantitative estimate of drug-likeness (QED) is 0.651. The number of hydrogen-bond donors (Lipinski definition) is 1. The molecule has 0 saturated carbocycles. The van der Waals surface area contributed by atoms with Crippen LogP contribution in [0.4, 0.5) is 15.9 Å². The van der Waals surface area contributed by atoms with Crippen molar-refractivity contribution in [1.82, 2.24) is 9.88 Å². The van der Waals surface area contributed by atoms with Crippen LogP contribution in [0.2, 0.25) is 0 Å². The first-order valence-electron chi connectivity index (χ1n) is 6.35. The topological polar surface area (TPSA) is 71.3 Å². The number of alkyl halides is 1. The van der Waals surface area contributed by atoms with Gasteiger partial charge in [0.2, 0.25) is 5.82 Å². The molecule has 2 rings (SSSR count). The lowest BCUT2D eigenvalue weighted by atomic mass is 10.1. The SMILES string of the molecule is O=[N+]([O-])c1cccnc1NC1CCCN(CCF)C1. The molecule has 1 aromatic rings. The van der Waals surface area contributed by atoms with Crippen LogP contribution in [0.3, 0.4) is 0 Å². The van der Waals surface area contributed by atoms with Crippen LogP contribution in [0.25, 0.3) is 0 Å². The summed E-state index contributed by atoms with van der Waals surface area (Å²) in [5.74, 6) is 0.291. The maximum atomic E-state index is 12.3. The monoisotopic (exact) mass is 268 g/mol. The van der Waals surface area contributed by atoms with Gasteiger partial charge in [-0.05, 0) is 25.5 Å². The molecule has 1 fully saturated rings. The van der Waals surface area contributed by atoms with Crippen molar-refractivity contribution >= 4 is 11.5 Å². The number of piperidine rings is 1. The van der Waals surface area contributed by atoms with Crippen molar-refractivity contribution < 1.29 is 9.31 Å². The zero-order valence-corrected chi connectivity index (χ0v) is 10.6.